The van der Waals surface area contributed by atoms with E-state index in [9.17, 15) is 9.59 Å². The lowest BCUT2D eigenvalue weighted by Gasteiger charge is -2.20. The third-order valence-electron chi connectivity index (χ3n) is 3.33. The lowest BCUT2D eigenvalue weighted by Crippen LogP contribution is -2.17. The number of carbonyl (C=O) groups excluding carboxylic acids is 2. The summed E-state index contributed by atoms with van der Waals surface area (Å²) in [5.41, 5.74) is 1.37. The number of carbonyl (C=O) groups is 2. The first-order valence-corrected chi connectivity index (χ1v) is 7.69. The molecule has 0 radical (unpaired) electrons. The topological polar surface area (TPSA) is 76.7 Å². The van der Waals surface area contributed by atoms with Gasteiger partial charge in [-0.2, -0.15) is 0 Å². The van der Waals surface area contributed by atoms with Gasteiger partial charge in [0.15, 0.2) is 11.5 Å². The fourth-order valence-electron chi connectivity index (χ4n) is 2.30. The number of hydrogen-bond donors (Lipinski definition) is 2. The second-order valence-corrected chi connectivity index (χ2v) is 5.60. The minimum Gasteiger partial charge on any atom is -0.486 e. The number of rotatable bonds is 3. The van der Waals surface area contributed by atoms with E-state index in [1.165, 1.54) is 6.92 Å². The highest BCUT2D eigenvalue weighted by atomic mass is 35.5. The van der Waals surface area contributed by atoms with Crippen LogP contribution in [0.4, 0.5) is 11.4 Å². The molecule has 1 heterocycles. The monoisotopic (exact) mass is 346 g/mol. The van der Waals surface area contributed by atoms with Crippen molar-refractivity contribution in [2.24, 2.45) is 0 Å². The third-order valence-corrected chi connectivity index (χ3v) is 3.64. The molecule has 3 rings (SSSR count). The molecule has 1 aliphatic rings. The molecule has 124 valence electrons. The van der Waals surface area contributed by atoms with Crippen molar-refractivity contribution in [3.8, 4) is 11.5 Å². The summed E-state index contributed by atoms with van der Waals surface area (Å²) in [4.78, 5) is 23.5. The molecule has 0 bridgehead atoms. The van der Waals surface area contributed by atoms with Gasteiger partial charge in [0.05, 0.1) is 10.7 Å². The molecule has 1 aliphatic heterocycles. The zero-order valence-electron chi connectivity index (χ0n) is 12.9. The first-order chi connectivity index (χ1) is 11.5. The molecule has 0 spiro atoms. The Bertz CT molecular complexity index is 807. The van der Waals surface area contributed by atoms with E-state index in [2.05, 4.69) is 10.6 Å². The van der Waals surface area contributed by atoms with Gasteiger partial charge in [-0.15, -0.1) is 0 Å². The van der Waals surface area contributed by atoms with Crippen LogP contribution in [0.5, 0.6) is 11.5 Å². The highest BCUT2D eigenvalue weighted by molar-refractivity contribution is 6.34. The Kier molecular flexibility index (Phi) is 4.57. The van der Waals surface area contributed by atoms with Crippen LogP contribution in [0.2, 0.25) is 5.02 Å². The van der Waals surface area contributed by atoms with E-state index in [0.717, 1.165) is 0 Å². The maximum absolute atomic E-state index is 12.4. The zero-order valence-corrected chi connectivity index (χ0v) is 13.6. The molecule has 0 aromatic heterocycles. The Morgan fingerprint density at radius 1 is 1.04 bits per heavy atom. The van der Waals surface area contributed by atoms with Crippen molar-refractivity contribution in [2.75, 3.05) is 23.8 Å². The van der Waals surface area contributed by atoms with Gasteiger partial charge >= 0.3 is 0 Å². The lowest BCUT2D eigenvalue weighted by molar-refractivity contribution is -0.114. The standard InChI is InChI=1S/C17H15ClN2O4/c1-10(21)19-12-4-2-3-11(7-12)17(22)20-14-9-16-15(8-13(14)18)23-5-6-24-16/h2-4,7-9H,5-6H2,1H3,(H,19,21)(H,20,22). The minimum atomic E-state index is -0.347. The van der Waals surface area contributed by atoms with E-state index in [0.29, 0.717) is 46.7 Å². The van der Waals surface area contributed by atoms with Crippen LogP contribution in [-0.2, 0) is 4.79 Å². The lowest BCUT2D eigenvalue weighted by atomic mass is 10.1. The fraction of sp³-hybridized carbons (Fsp3) is 0.176. The van der Waals surface area contributed by atoms with Crippen molar-refractivity contribution in [1.29, 1.82) is 0 Å². The Balaban J connectivity index is 1.81. The fourth-order valence-corrected chi connectivity index (χ4v) is 2.50. The van der Waals surface area contributed by atoms with Crippen molar-refractivity contribution in [2.45, 2.75) is 6.92 Å². The van der Waals surface area contributed by atoms with Crippen LogP contribution in [0.1, 0.15) is 17.3 Å². The maximum atomic E-state index is 12.4. The average molecular weight is 347 g/mol. The Hall–Kier alpha value is -2.73. The van der Waals surface area contributed by atoms with Gasteiger partial charge in [0.2, 0.25) is 5.91 Å². The predicted octanol–water partition coefficient (Wildman–Crippen LogP) is 3.32. The largest absolute Gasteiger partial charge is 0.486 e. The van der Waals surface area contributed by atoms with Crippen molar-refractivity contribution in [3.63, 3.8) is 0 Å². The normalized spacial score (nSPS) is 12.4. The van der Waals surface area contributed by atoms with Crippen LogP contribution < -0.4 is 20.1 Å². The molecule has 0 aliphatic carbocycles. The molecule has 0 fully saturated rings. The maximum Gasteiger partial charge on any atom is 0.255 e. The van der Waals surface area contributed by atoms with Crippen LogP contribution in [0, 0.1) is 0 Å². The van der Waals surface area contributed by atoms with Gasteiger partial charge in [-0.1, -0.05) is 17.7 Å². The molecule has 0 atom stereocenters. The van der Waals surface area contributed by atoms with E-state index in [1.807, 2.05) is 0 Å². The molecular formula is C17H15ClN2O4. The smallest absolute Gasteiger partial charge is 0.255 e. The highest BCUT2D eigenvalue weighted by Crippen LogP contribution is 2.38. The summed E-state index contributed by atoms with van der Waals surface area (Å²) in [6.45, 7) is 2.31. The molecule has 6 nitrogen and oxygen atoms in total. The van der Waals surface area contributed by atoms with Crippen LogP contribution >= 0.6 is 11.6 Å². The predicted molar refractivity (Wildman–Crippen MR) is 91.1 cm³/mol. The molecule has 2 amide bonds. The first-order valence-electron chi connectivity index (χ1n) is 7.31. The van der Waals surface area contributed by atoms with Crippen molar-refractivity contribution >= 4 is 34.8 Å². The molecule has 2 N–H and O–H groups in total. The molecule has 0 saturated carbocycles. The molecular weight excluding hydrogens is 332 g/mol. The molecule has 0 saturated heterocycles. The number of anilines is 2. The number of nitrogens with one attached hydrogen (secondary N) is 2. The van der Waals surface area contributed by atoms with Gasteiger partial charge in [0, 0.05) is 30.3 Å². The quantitative estimate of drug-likeness (QED) is 0.893. The number of fused-ring (bicyclic) bond motifs is 1. The van der Waals surface area contributed by atoms with E-state index < -0.39 is 0 Å². The van der Waals surface area contributed by atoms with E-state index >= 15 is 0 Å². The zero-order chi connectivity index (χ0) is 17.1. The van der Waals surface area contributed by atoms with E-state index in [1.54, 1.807) is 36.4 Å². The average Bonchev–Trinajstić information content (AvgIpc) is 2.55. The third kappa shape index (κ3) is 3.60. The van der Waals surface area contributed by atoms with Crippen LogP contribution in [0.15, 0.2) is 36.4 Å². The summed E-state index contributed by atoms with van der Waals surface area (Å²) in [5.74, 6) is 0.535. The molecule has 0 unspecified atom stereocenters. The van der Waals surface area contributed by atoms with E-state index in [4.69, 9.17) is 21.1 Å². The molecule has 7 heteroatoms. The van der Waals surface area contributed by atoms with Crippen molar-refractivity contribution < 1.29 is 19.1 Å². The van der Waals surface area contributed by atoms with E-state index in [-0.39, 0.29) is 11.8 Å². The highest BCUT2D eigenvalue weighted by Gasteiger charge is 2.17. The first kappa shape index (κ1) is 16.1. The summed E-state index contributed by atoms with van der Waals surface area (Å²) >= 11 is 6.19. The summed E-state index contributed by atoms with van der Waals surface area (Å²) in [7, 11) is 0. The summed E-state index contributed by atoms with van der Waals surface area (Å²) in [6, 6.07) is 9.86. The van der Waals surface area contributed by atoms with Gasteiger partial charge in [-0.25, -0.2) is 0 Å². The number of benzene rings is 2. The number of ether oxygens (including phenoxy) is 2. The SMILES string of the molecule is CC(=O)Nc1cccc(C(=O)Nc2cc3c(cc2Cl)OCCO3)c1. The Labute approximate surface area is 143 Å². The molecule has 24 heavy (non-hydrogen) atoms. The van der Waals surface area contributed by atoms with Gasteiger partial charge in [-0.05, 0) is 18.2 Å². The van der Waals surface area contributed by atoms with Crippen LogP contribution in [0.3, 0.4) is 0 Å². The van der Waals surface area contributed by atoms with Crippen molar-refractivity contribution in [3.05, 3.63) is 47.0 Å². The summed E-state index contributed by atoms with van der Waals surface area (Å²) in [5, 5.41) is 5.73. The van der Waals surface area contributed by atoms with Gasteiger partial charge < -0.3 is 20.1 Å². The minimum absolute atomic E-state index is 0.206. The number of halogens is 1. The number of hydrogen-bond acceptors (Lipinski definition) is 4. The van der Waals surface area contributed by atoms with Gasteiger partial charge in [-0.3, -0.25) is 9.59 Å². The van der Waals surface area contributed by atoms with Crippen LogP contribution in [-0.4, -0.2) is 25.0 Å². The Morgan fingerprint density at radius 2 is 1.75 bits per heavy atom. The van der Waals surface area contributed by atoms with Crippen molar-refractivity contribution in [1.82, 2.24) is 0 Å². The van der Waals surface area contributed by atoms with Gasteiger partial charge in [0.25, 0.3) is 5.91 Å². The summed E-state index contributed by atoms with van der Waals surface area (Å²) < 4.78 is 10.9. The second-order valence-electron chi connectivity index (χ2n) is 5.19. The molecule has 2 aromatic carbocycles. The molecule has 2 aromatic rings. The second kappa shape index (κ2) is 6.80. The van der Waals surface area contributed by atoms with Crippen LogP contribution in [0.25, 0.3) is 0 Å². The summed E-state index contributed by atoms with van der Waals surface area (Å²) in [6.07, 6.45) is 0. The van der Waals surface area contributed by atoms with Gasteiger partial charge in [0.1, 0.15) is 13.2 Å². The number of amides is 2. The Morgan fingerprint density at radius 3 is 2.46 bits per heavy atom.